The van der Waals surface area contributed by atoms with Gasteiger partial charge >= 0.3 is 0 Å². The lowest BCUT2D eigenvalue weighted by Gasteiger charge is -2.35. The number of Topliss-reactive ketones (excluding diaryl/α,β-unsaturated/α-hetero) is 1. The van der Waals surface area contributed by atoms with E-state index in [-0.39, 0.29) is 29.9 Å². The fourth-order valence-electron chi connectivity index (χ4n) is 4.54. The molecule has 2 aliphatic rings. The minimum absolute atomic E-state index is 0.0313. The van der Waals surface area contributed by atoms with Crippen LogP contribution in [0.3, 0.4) is 0 Å². The van der Waals surface area contributed by atoms with Crippen LogP contribution in [-0.2, 0) is 9.59 Å². The van der Waals surface area contributed by atoms with Gasteiger partial charge in [0.15, 0.2) is 5.78 Å². The summed E-state index contributed by atoms with van der Waals surface area (Å²) in [4.78, 5) is 25.9. The summed E-state index contributed by atoms with van der Waals surface area (Å²) < 4.78 is 12.2. The van der Waals surface area contributed by atoms with E-state index in [1.165, 1.54) is 0 Å². The van der Waals surface area contributed by atoms with Crippen LogP contribution in [0.2, 0.25) is 0 Å². The zero-order valence-corrected chi connectivity index (χ0v) is 20.2. The Hall–Kier alpha value is -2.60. The van der Waals surface area contributed by atoms with Gasteiger partial charge in [-0.1, -0.05) is 41.9 Å². The molecule has 1 amide bonds. The number of allylic oxidation sites excluding steroid dienone is 2. The SMILES string of the molecule is COc1ccc(Br)cc1C1CC(=O)NC2=C1C(=O)CC(c1ccc(OCC(C)C)cc1)C2. The fraction of sp³-hybridized carbons (Fsp3) is 0.385. The summed E-state index contributed by atoms with van der Waals surface area (Å²) in [5.74, 6) is 1.73. The molecule has 6 heteroatoms. The quantitative estimate of drug-likeness (QED) is 0.572. The van der Waals surface area contributed by atoms with Crippen LogP contribution in [0.5, 0.6) is 11.5 Å². The maximum absolute atomic E-state index is 13.3. The molecule has 2 aromatic rings. The molecule has 5 nitrogen and oxygen atoms in total. The van der Waals surface area contributed by atoms with Crippen molar-refractivity contribution in [3.05, 3.63) is 69.3 Å². The monoisotopic (exact) mass is 497 g/mol. The second-order valence-corrected chi connectivity index (χ2v) is 9.80. The number of benzene rings is 2. The van der Waals surface area contributed by atoms with Crippen molar-refractivity contribution in [3.63, 3.8) is 0 Å². The summed E-state index contributed by atoms with van der Waals surface area (Å²) in [5, 5.41) is 2.99. The van der Waals surface area contributed by atoms with Gasteiger partial charge in [-0.3, -0.25) is 9.59 Å². The van der Waals surface area contributed by atoms with Crippen molar-refractivity contribution in [1.82, 2.24) is 5.32 Å². The maximum atomic E-state index is 13.3. The van der Waals surface area contributed by atoms with Crippen LogP contribution in [0, 0.1) is 5.92 Å². The number of halogens is 1. The lowest BCUT2D eigenvalue weighted by molar-refractivity contribution is -0.122. The molecule has 0 radical (unpaired) electrons. The Bertz CT molecular complexity index is 1060. The van der Waals surface area contributed by atoms with Gasteiger partial charge in [0.1, 0.15) is 11.5 Å². The Labute approximate surface area is 197 Å². The van der Waals surface area contributed by atoms with Gasteiger partial charge in [0.05, 0.1) is 13.7 Å². The Balaban J connectivity index is 1.62. The molecule has 1 aliphatic heterocycles. The van der Waals surface area contributed by atoms with Crippen molar-refractivity contribution in [2.45, 2.75) is 44.9 Å². The van der Waals surface area contributed by atoms with E-state index < -0.39 is 0 Å². The molecule has 1 aliphatic carbocycles. The van der Waals surface area contributed by atoms with Gasteiger partial charge in [0, 0.05) is 40.1 Å². The van der Waals surface area contributed by atoms with E-state index in [2.05, 4.69) is 35.1 Å². The second kappa shape index (κ2) is 9.49. The van der Waals surface area contributed by atoms with Crippen LogP contribution in [-0.4, -0.2) is 25.4 Å². The molecule has 1 N–H and O–H groups in total. The number of amides is 1. The van der Waals surface area contributed by atoms with E-state index in [4.69, 9.17) is 9.47 Å². The molecule has 2 aromatic carbocycles. The highest BCUT2D eigenvalue weighted by Gasteiger charge is 2.39. The summed E-state index contributed by atoms with van der Waals surface area (Å²) in [7, 11) is 1.61. The van der Waals surface area contributed by atoms with Crippen molar-refractivity contribution < 1.29 is 19.1 Å². The van der Waals surface area contributed by atoms with E-state index in [1.807, 2.05) is 42.5 Å². The largest absolute Gasteiger partial charge is 0.496 e. The molecular weight excluding hydrogens is 470 g/mol. The van der Waals surface area contributed by atoms with Crippen LogP contribution in [0.25, 0.3) is 0 Å². The number of hydrogen-bond acceptors (Lipinski definition) is 4. The third-order valence-corrected chi connectivity index (χ3v) is 6.53. The molecule has 2 unspecified atom stereocenters. The zero-order chi connectivity index (χ0) is 22.8. The highest BCUT2D eigenvalue weighted by Crippen LogP contribution is 2.45. The lowest BCUT2D eigenvalue weighted by atomic mass is 9.73. The van der Waals surface area contributed by atoms with E-state index in [9.17, 15) is 9.59 Å². The first-order valence-corrected chi connectivity index (χ1v) is 11.8. The number of ketones is 1. The smallest absolute Gasteiger partial charge is 0.225 e. The molecule has 0 fully saturated rings. The number of hydrogen-bond donors (Lipinski definition) is 1. The minimum atomic E-state index is -0.300. The van der Waals surface area contributed by atoms with Crippen molar-refractivity contribution in [1.29, 1.82) is 0 Å². The van der Waals surface area contributed by atoms with Crippen LogP contribution in [0.4, 0.5) is 0 Å². The highest BCUT2D eigenvalue weighted by molar-refractivity contribution is 9.10. The van der Waals surface area contributed by atoms with Gasteiger partial charge in [0.25, 0.3) is 0 Å². The maximum Gasteiger partial charge on any atom is 0.225 e. The Morgan fingerprint density at radius 3 is 2.50 bits per heavy atom. The highest BCUT2D eigenvalue weighted by atomic mass is 79.9. The average molecular weight is 498 g/mol. The molecule has 0 saturated heterocycles. The molecule has 0 saturated carbocycles. The molecule has 0 aromatic heterocycles. The first-order chi connectivity index (χ1) is 15.4. The summed E-state index contributed by atoms with van der Waals surface area (Å²) in [5.41, 5.74) is 3.41. The standard InChI is InChI=1S/C26H28BrNO4/c1-15(2)14-32-19-7-4-16(5-8-19)17-10-22-26(23(29)11-17)21(13-25(30)28-22)20-12-18(27)6-9-24(20)31-3/h4-9,12,15,17,21H,10-11,13-14H2,1-3H3,(H,28,30). The predicted molar refractivity (Wildman–Crippen MR) is 127 cm³/mol. The van der Waals surface area contributed by atoms with Crippen LogP contribution in [0.1, 0.15) is 56.1 Å². The first kappa shape index (κ1) is 22.6. The van der Waals surface area contributed by atoms with Gasteiger partial charge < -0.3 is 14.8 Å². The van der Waals surface area contributed by atoms with E-state index in [0.717, 1.165) is 27.0 Å². The Morgan fingerprint density at radius 2 is 1.81 bits per heavy atom. The third kappa shape index (κ3) is 4.75. The molecular formula is C26H28BrNO4. The van der Waals surface area contributed by atoms with Crippen LogP contribution in [0.15, 0.2) is 58.2 Å². The van der Waals surface area contributed by atoms with Crippen molar-refractivity contribution >= 4 is 27.6 Å². The van der Waals surface area contributed by atoms with Crippen molar-refractivity contribution in [3.8, 4) is 11.5 Å². The second-order valence-electron chi connectivity index (χ2n) is 8.89. The first-order valence-electron chi connectivity index (χ1n) is 11.0. The molecule has 32 heavy (non-hydrogen) atoms. The molecule has 2 atom stereocenters. The van der Waals surface area contributed by atoms with Crippen molar-refractivity contribution in [2.75, 3.05) is 13.7 Å². The van der Waals surface area contributed by atoms with Gasteiger partial charge in [-0.25, -0.2) is 0 Å². The molecule has 168 valence electrons. The van der Waals surface area contributed by atoms with Gasteiger partial charge in [-0.15, -0.1) is 0 Å². The zero-order valence-electron chi connectivity index (χ0n) is 18.6. The summed E-state index contributed by atoms with van der Waals surface area (Å²) in [6, 6.07) is 13.7. The summed E-state index contributed by atoms with van der Waals surface area (Å²) >= 11 is 3.51. The number of ether oxygens (including phenoxy) is 2. The Morgan fingerprint density at radius 1 is 1.06 bits per heavy atom. The van der Waals surface area contributed by atoms with Gasteiger partial charge in [-0.2, -0.15) is 0 Å². The molecule has 1 heterocycles. The average Bonchev–Trinajstić information content (AvgIpc) is 2.77. The number of nitrogens with one attached hydrogen (secondary N) is 1. The van der Waals surface area contributed by atoms with Crippen LogP contribution >= 0.6 is 15.9 Å². The third-order valence-electron chi connectivity index (χ3n) is 6.04. The van der Waals surface area contributed by atoms with Gasteiger partial charge in [0.2, 0.25) is 5.91 Å². The van der Waals surface area contributed by atoms with Crippen LogP contribution < -0.4 is 14.8 Å². The molecule has 0 spiro atoms. The fourth-order valence-corrected chi connectivity index (χ4v) is 4.92. The number of carbonyl (C=O) groups is 2. The number of methoxy groups -OCH3 is 1. The molecule has 0 bridgehead atoms. The number of carbonyl (C=O) groups excluding carboxylic acids is 2. The van der Waals surface area contributed by atoms with E-state index in [0.29, 0.717) is 36.7 Å². The normalized spacial score (nSPS) is 20.8. The summed E-state index contributed by atoms with van der Waals surface area (Å²) in [6.45, 7) is 4.90. The minimum Gasteiger partial charge on any atom is -0.496 e. The van der Waals surface area contributed by atoms with Gasteiger partial charge in [-0.05, 0) is 54.2 Å². The molecule has 4 rings (SSSR count). The van der Waals surface area contributed by atoms with E-state index in [1.54, 1.807) is 7.11 Å². The number of rotatable bonds is 6. The lowest BCUT2D eigenvalue weighted by Crippen LogP contribution is -2.38. The predicted octanol–water partition coefficient (Wildman–Crippen LogP) is 5.50. The van der Waals surface area contributed by atoms with Crippen molar-refractivity contribution in [2.24, 2.45) is 5.92 Å². The Kier molecular flexibility index (Phi) is 6.70. The van der Waals surface area contributed by atoms with E-state index >= 15 is 0 Å². The summed E-state index contributed by atoms with van der Waals surface area (Å²) in [6.07, 6.45) is 1.30. The topological polar surface area (TPSA) is 64.6 Å².